The molecule has 1 saturated heterocycles. The van der Waals surface area contributed by atoms with Crippen molar-refractivity contribution >= 4 is 11.9 Å². The molecule has 2 aliphatic heterocycles. The van der Waals surface area contributed by atoms with Gasteiger partial charge in [0.1, 0.15) is 24.2 Å². The van der Waals surface area contributed by atoms with E-state index in [1.165, 1.54) is 11.1 Å². The Labute approximate surface area is 171 Å². The normalized spacial score (nSPS) is 40.1. The number of fused-ring (bicyclic) bond motifs is 2. The highest BCUT2D eigenvalue weighted by atomic mass is 16.6. The Morgan fingerprint density at radius 1 is 1.38 bits per heavy atom. The third-order valence-corrected chi connectivity index (χ3v) is 8.86. The fourth-order valence-corrected chi connectivity index (χ4v) is 8.01. The van der Waals surface area contributed by atoms with Crippen LogP contribution in [0.2, 0.25) is 0 Å². The van der Waals surface area contributed by atoms with Crippen LogP contribution >= 0.6 is 0 Å². The van der Waals surface area contributed by atoms with Crippen molar-refractivity contribution in [2.24, 2.45) is 17.3 Å². The lowest BCUT2D eigenvalue weighted by Gasteiger charge is -2.70. The summed E-state index contributed by atoms with van der Waals surface area (Å²) in [7, 11) is 0. The number of hydrogen-bond acceptors (Lipinski definition) is 4. The molecule has 0 radical (unpaired) electrons. The zero-order valence-electron chi connectivity index (χ0n) is 16.9. The number of carbonyl (C=O) groups excluding carboxylic acids is 2. The third kappa shape index (κ3) is 1.88. The molecule has 4 aliphatic carbocycles. The zero-order chi connectivity index (χ0) is 20.0. The Morgan fingerprint density at radius 2 is 2.24 bits per heavy atom. The van der Waals surface area contributed by atoms with Crippen molar-refractivity contribution in [3.8, 4) is 5.75 Å². The number of likely N-dealkylation sites (tertiary alicyclic amines) is 1. The van der Waals surface area contributed by atoms with E-state index < -0.39 is 0 Å². The Bertz CT molecular complexity index is 941. The highest BCUT2D eigenvalue weighted by Gasteiger charge is 2.76. The van der Waals surface area contributed by atoms with Crippen LogP contribution in [0.1, 0.15) is 43.7 Å². The number of rotatable bonds is 3. The van der Waals surface area contributed by atoms with Gasteiger partial charge in [-0.1, -0.05) is 24.8 Å². The molecular formula is C24H27NO4. The van der Waals surface area contributed by atoms with Gasteiger partial charge in [-0.25, -0.2) is 4.79 Å². The summed E-state index contributed by atoms with van der Waals surface area (Å²) in [5, 5.41) is 0. The van der Waals surface area contributed by atoms with Crippen molar-refractivity contribution in [2.45, 2.75) is 56.6 Å². The lowest BCUT2D eigenvalue weighted by atomic mass is 9.36. The first-order valence-electron chi connectivity index (χ1n) is 10.9. The maximum absolute atomic E-state index is 13.0. The second-order valence-corrected chi connectivity index (χ2v) is 9.61. The average Bonchev–Trinajstić information content (AvgIpc) is 3.07. The maximum Gasteiger partial charge on any atom is 0.410 e. The topological polar surface area (TPSA) is 55.8 Å². The summed E-state index contributed by atoms with van der Waals surface area (Å²) in [6.45, 7) is 6.32. The number of hydrogen-bond donors (Lipinski definition) is 0. The number of benzene rings is 1. The van der Waals surface area contributed by atoms with E-state index >= 15 is 0 Å². The van der Waals surface area contributed by atoms with Crippen molar-refractivity contribution < 1.29 is 19.1 Å². The molecular weight excluding hydrogens is 366 g/mol. The Balaban J connectivity index is 1.54. The minimum atomic E-state index is -0.249. The van der Waals surface area contributed by atoms with E-state index in [-0.39, 0.29) is 53.3 Å². The fourth-order valence-electron chi connectivity index (χ4n) is 8.01. The molecule has 1 aromatic rings. The van der Waals surface area contributed by atoms with Crippen molar-refractivity contribution in [3.05, 3.63) is 42.0 Å². The molecule has 5 heteroatoms. The van der Waals surface area contributed by atoms with Gasteiger partial charge in [-0.3, -0.25) is 4.79 Å². The lowest BCUT2D eigenvalue weighted by molar-refractivity contribution is -0.195. The first kappa shape index (κ1) is 17.5. The van der Waals surface area contributed by atoms with E-state index in [0.29, 0.717) is 6.54 Å². The zero-order valence-corrected chi connectivity index (χ0v) is 16.9. The van der Waals surface area contributed by atoms with Crippen molar-refractivity contribution in [3.63, 3.8) is 0 Å². The van der Waals surface area contributed by atoms with Gasteiger partial charge in [0.05, 0.1) is 0 Å². The Kier molecular flexibility index (Phi) is 3.42. The predicted molar refractivity (Wildman–Crippen MR) is 107 cm³/mol. The van der Waals surface area contributed by atoms with Crippen LogP contribution in [0.25, 0.3) is 0 Å². The average molecular weight is 393 g/mol. The van der Waals surface area contributed by atoms with Gasteiger partial charge >= 0.3 is 6.09 Å². The number of carbonyl (C=O) groups is 2. The molecule has 29 heavy (non-hydrogen) atoms. The molecule has 1 aromatic carbocycles. The number of Topliss-reactive ketones (excluding diaryl/α,β-unsaturated/α-hetero) is 1. The fraction of sp³-hybridized carbons (Fsp3) is 0.583. The van der Waals surface area contributed by atoms with Crippen LogP contribution in [0.4, 0.5) is 4.79 Å². The number of piperidine rings is 1. The van der Waals surface area contributed by atoms with Gasteiger partial charge in [0, 0.05) is 40.8 Å². The SMILES string of the molecule is C=CCOC(=O)N1CC[C@]23c4c5cccc4O[C@H]2C2CCC3(CC2C(C)=O)[C@H]1C5. The molecule has 3 saturated carbocycles. The molecule has 2 heterocycles. The van der Waals surface area contributed by atoms with Crippen LogP contribution in [0, 0.1) is 17.3 Å². The quantitative estimate of drug-likeness (QED) is 0.736. The van der Waals surface area contributed by atoms with Crippen LogP contribution in [-0.4, -0.2) is 42.1 Å². The van der Waals surface area contributed by atoms with Crippen LogP contribution in [-0.2, 0) is 21.4 Å². The Hall–Kier alpha value is -2.30. The second kappa shape index (κ2) is 5.65. The van der Waals surface area contributed by atoms with Gasteiger partial charge in [-0.15, -0.1) is 0 Å². The van der Waals surface area contributed by atoms with Crippen LogP contribution in [0.5, 0.6) is 5.75 Å². The molecule has 3 unspecified atom stereocenters. The van der Waals surface area contributed by atoms with E-state index in [0.717, 1.165) is 37.9 Å². The number of nitrogens with zero attached hydrogens (tertiary/aromatic N) is 1. The summed E-state index contributed by atoms with van der Waals surface area (Å²) < 4.78 is 12.1. The first-order chi connectivity index (χ1) is 14.0. The highest BCUT2D eigenvalue weighted by Crippen LogP contribution is 2.74. The van der Waals surface area contributed by atoms with Crippen LogP contribution < -0.4 is 4.74 Å². The van der Waals surface area contributed by atoms with E-state index in [9.17, 15) is 9.59 Å². The summed E-state index contributed by atoms with van der Waals surface area (Å²) in [6.07, 6.45) is 6.07. The molecule has 0 N–H and O–H groups in total. The highest BCUT2D eigenvalue weighted by molar-refractivity contribution is 5.80. The van der Waals surface area contributed by atoms with Crippen LogP contribution in [0.3, 0.4) is 0 Å². The number of ether oxygens (including phenoxy) is 2. The summed E-state index contributed by atoms with van der Waals surface area (Å²) in [6, 6.07) is 6.44. The first-order valence-corrected chi connectivity index (χ1v) is 10.9. The summed E-state index contributed by atoms with van der Waals surface area (Å²) in [5.41, 5.74) is 2.54. The molecule has 5 nitrogen and oxygen atoms in total. The number of amides is 1. The minimum absolute atomic E-state index is 0.0318. The summed E-state index contributed by atoms with van der Waals surface area (Å²) in [4.78, 5) is 27.6. The van der Waals surface area contributed by atoms with E-state index in [4.69, 9.17) is 9.47 Å². The molecule has 2 spiro atoms. The molecule has 152 valence electrons. The number of ketones is 1. The Morgan fingerprint density at radius 3 is 3.03 bits per heavy atom. The van der Waals surface area contributed by atoms with Gasteiger partial charge in [0.15, 0.2) is 0 Å². The third-order valence-electron chi connectivity index (χ3n) is 8.86. The van der Waals surface area contributed by atoms with Crippen molar-refractivity contribution in [1.29, 1.82) is 0 Å². The van der Waals surface area contributed by atoms with Gasteiger partial charge in [0.2, 0.25) is 0 Å². The minimum Gasteiger partial charge on any atom is -0.489 e. The standard InChI is InChI=1S/C24H27NO4/c1-3-11-28-22(27)25-10-9-24-20-15-5-4-6-18(20)29-21(24)16-7-8-23(24,19(25)12-15)13-17(16)14(2)26/h3-6,16-17,19,21H,1,7-13H2,2H3/t16?,17?,19-,21+,23?,24+/m1/s1. The smallest absolute Gasteiger partial charge is 0.410 e. The molecule has 4 fully saturated rings. The largest absolute Gasteiger partial charge is 0.489 e. The summed E-state index contributed by atoms with van der Waals surface area (Å²) >= 11 is 0. The van der Waals surface area contributed by atoms with Gasteiger partial charge in [-0.2, -0.15) is 0 Å². The lowest BCUT2D eigenvalue weighted by Crippen LogP contribution is -2.76. The van der Waals surface area contributed by atoms with Gasteiger partial charge < -0.3 is 14.4 Å². The van der Waals surface area contributed by atoms with E-state index in [1.54, 1.807) is 13.0 Å². The monoisotopic (exact) mass is 393 g/mol. The second-order valence-electron chi connectivity index (χ2n) is 9.61. The summed E-state index contributed by atoms with van der Waals surface area (Å²) in [5.74, 6) is 1.61. The maximum atomic E-state index is 13.0. The molecule has 7 rings (SSSR count). The van der Waals surface area contributed by atoms with Gasteiger partial charge in [-0.05, 0) is 50.7 Å². The predicted octanol–water partition coefficient (Wildman–Crippen LogP) is 3.64. The van der Waals surface area contributed by atoms with Crippen LogP contribution in [0.15, 0.2) is 30.9 Å². The molecule has 0 aromatic heterocycles. The van der Waals surface area contributed by atoms with Crippen molar-refractivity contribution in [2.75, 3.05) is 13.2 Å². The molecule has 6 aliphatic rings. The van der Waals surface area contributed by atoms with E-state index in [1.807, 2.05) is 4.90 Å². The van der Waals surface area contributed by atoms with Gasteiger partial charge in [0.25, 0.3) is 0 Å². The van der Waals surface area contributed by atoms with E-state index in [2.05, 4.69) is 24.8 Å². The molecule has 1 amide bonds. The molecule has 6 atom stereocenters. The van der Waals surface area contributed by atoms with Crippen molar-refractivity contribution in [1.82, 2.24) is 4.90 Å². The molecule has 4 bridgehead atoms.